The molecule has 0 aliphatic carbocycles. The summed E-state index contributed by atoms with van der Waals surface area (Å²) in [6.07, 6.45) is 3.17. The number of amidine groups is 1. The van der Waals surface area contributed by atoms with Crippen molar-refractivity contribution < 1.29 is 10.0 Å². The van der Waals surface area contributed by atoms with Gasteiger partial charge in [-0.2, -0.15) is 0 Å². The maximum Gasteiger partial charge on any atom is 0.227 e. The van der Waals surface area contributed by atoms with Gasteiger partial charge in [0.25, 0.3) is 0 Å². The molecule has 0 radical (unpaired) electrons. The average molecular weight is 229 g/mol. The van der Waals surface area contributed by atoms with Crippen molar-refractivity contribution in [2.75, 3.05) is 0 Å². The van der Waals surface area contributed by atoms with E-state index >= 15 is 0 Å². The van der Waals surface area contributed by atoms with E-state index in [4.69, 9.17) is 10.9 Å². The van der Waals surface area contributed by atoms with Gasteiger partial charge in [-0.25, -0.2) is 0 Å². The zero-order chi connectivity index (χ0) is 12.6. The molecule has 0 rings (SSSR count). The van der Waals surface area contributed by atoms with Gasteiger partial charge in [0, 0.05) is 6.04 Å². The average Bonchev–Trinajstić information content (AvgIpc) is 2.16. The van der Waals surface area contributed by atoms with Crippen LogP contribution in [0.5, 0.6) is 0 Å². The van der Waals surface area contributed by atoms with Gasteiger partial charge in [0.15, 0.2) is 0 Å². The van der Waals surface area contributed by atoms with Crippen LogP contribution in [0.15, 0.2) is 5.16 Å². The van der Waals surface area contributed by atoms with Crippen LogP contribution in [0.2, 0.25) is 0 Å². The van der Waals surface area contributed by atoms with E-state index in [-0.39, 0.29) is 24.2 Å². The van der Waals surface area contributed by atoms with Gasteiger partial charge in [-0.05, 0) is 19.3 Å². The maximum absolute atomic E-state index is 11.3. The number of carbonyl (C=O) groups is 1. The summed E-state index contributed by atoms with van der Waals surface area (Å²) in [5, 5.41) is 13.9. The minimum absolute atomic E-state index is 0.0506. The molecule has 4 N–H and O–H groups in total. The summed E-state index contributed by atoms with van der Waals surface area (Å²) in [6, 6.07) is 0.137. The van der Waals surface area contributed by atoms with Crippen molar-refractivity contribution in [1.29, 1.82) is 0 Å². The number of hydrogen-bond acceptors (Lipinski definition) is 3. The largest absolute Gasteiger partial charge is 0.409 e. The first-order valence-electron chi connectivity index (χ1n) is 5.71. The lowest BCUT2D eigenvalue weighted by Gasteiger charge is -2.14. The Balaban J connectivity index is 3.70. The lowest BCUT2D eigenvalue weighted by Crippen LogP contribution is -2.35. The monoisotopic (exact) mass is 229 g/mol. The Kier molecular flexibility index (Phi) is 7.33. The second-order valence-corrected chi connectivity index (χ2v) is 4.56. The summed E-state index contributed by atoms with van der Waals surface area (Å²) in [6.45, 7) is 6.33. The Morgan fingerprint density at radius 3 is 2.50 bits per heavy atom. The van der Waals surface area contributed by atoms with Crippen molar-refractivity contribution in [3.8, 4) is 0 Å². The molecule has 0 saturated heterocycles. The summed E-state index contributed by atoms with van der Waals surface area (Å²) in [7, 11) is 0. The molecule has 1 atom stereocenters. The van der Waals surface area contributed by atoms with Gasteiger partial charge in [-0.3, -0.25) is 4.79 Å². The topological polar surface area (TPSA) is 87.7 Å². The third-order valence-electron chi connectivity index (χ3n) is 2.30. The molecule has 5 heteroatoms. The summed E-state index contributed by atoms with van der Waals surface area (Å²) in [5.74, 6) is 0.430. The number of nitrogens with zero attached hydrogens (tertiary/aromatic N) is 1. The van der Waals surface area contributed by atoms with Crippen molar-refractivity contribution in [2.45, 2.75) is 52.5 Å². The molecular formula is C11H23N3O2. The Bertz CT molecular complexity index is 239. The van der Waals surface area contributed by atoms with Gasteiger partial charge in [0.2, 0.25) is 5.91 Å². The molecular weight excluding hydrogens is 206 g/mol. The van der Waals surface area contributed by atoms with E-state index in [0.29, 0.717) is 5.92 Å². The van der Waals surface area contributed by atoms with Gasteiger partial charge in [-0.1, -0.05) is 31.8 Å². The zero-order valence-corrected chi connectivity index (χ0v) is 10.4. The Morgan fingerprint density at radius 2 is 2.00 bits per heavy atom. The van der Waals surface area contributed by atoms with Crippen LogP contribution in [0.4, 0.5) is 0 Å². The van der Waals surface area contributed by atoms with Crippen LogP contribution in [-0.2, 0) is 4.79 Å². The third-order valence-corrected chi connectivity index (χ3v) is 2.30. The highest BCUT2D eigenvalue weighted by Crippen LogP contribution is 2.08. The standard InChI is InChI=1S/C11H23N3O2/c1-8(2)5-4-6-9(3)13-11(15)7-10(12)14-16/h8-9,16H,4-7H2,1-3H3,(H2,12,14)(H,13,15). The molecule has 1 amide bonds. The van der Waals surface area contributed by atoms with Crippen LogP contribution >= 0.6 is 0 Å². The summed E-state index contributed by atoms with van der Waals surface area (Å²) >= 11 is 0. The molecule has 0 saturated carbocycles. The molecule has 0 aliphatic heterocycles. The number of hydrogen-bond donors (Lipinski definition) is 3. The fourth-order valence-corrected chi connectivity index (χ4v) is 1.43. The Labute approximate surface area is 97.1 Å². The Morgan fingerprint density at radius 1 is 1.38 bits per heavy atom. The predicted molar refractivity (Wildman–Crippen MR) is 64.3 cm³/mol. The van der Waals surface area contributed by atoms with E-state index in [1.807, 2.05) is 6.92 Å². The van der Waals surface area contributed by atoms with Gasteiger partial charge in [0.05, 0.1) is 6.42 Å². The van der Waals surface area contributed by atoms with Crippen LogP contribution in [0.1, 0.15) is 46.5 Å². The fourth-order valence-electron chi connectivity index (χ4n) is 1.43. The predicted octanol–water partition coefficient (Wildman–Crippen LogP) is 1.45. The van der Waals surface area contributed by atoms with Crippen LogP contribution in [0, 0.1) is 5.92 Å². The molecule has 0 heterocycles. The molecule has 16 heavy (non-hydrogen) atoms. The maximum atomic E-state index is 11.3. The minimum atomic E-state index is -0.202. The fraction of sp³-hybridized carbons (Fsp3) is 0.818. The quantitative estimate of drug-likeness (QED) is 0.267. The number of carbonyl (C=O) groups excluding carboxylic acids is 1. The van der Waals surface area contributed by atoms with E-state index in [2.05, 4.69) is 24.3 Å². The van der Waals surface area contributed by atoms with E-state index in [0.717, 1.165) is 12.8 Å². The second-order valence-electron chi connectivity index (χ2n) is 4.56. The van der Waals surface area contributed by atoms with Gasteiger partial charge in [0.1, 0.15) is 5.84 Å². The molecule has 0 aromatic carbocycles. The lowest BCUT2D eigenvalue weighted by molar-refractivity contribution is -0.120. The normalized spacial score (nSPS) is 13.9. The van der Waals surface area contributed by atoms with Crippen LogP contribution < -0.4 is 11.1 Å². The summed E-state index contributed by atoms with van der Waals surface area (Å²) < 4.78 is 0. The highest BCUT2D eigenvalue weighted by atomic mass is 16.4. The molecule has 5 nitrogen and oxygen atoms in total. The van der Waals surface area contributed by atoms with Crippen molar-refractivity contribution >= 4 is 11.7 Å². The van der Waals surface area contributed by atoms with E-state index in [1.54, 1.807) is 0 Å². The van der Waals surface area contributed by atoms with E-state index in [1.165, 1.54) is 6.42 Å². The molecule has 94 valence electrons. The lowest BCUT2D eigenvalue weighted by atomic mass is 10.0. The van der Waals surface area contributed by atoms with Gasteiger partial charge >= 0.3 is 0 Å². The third kappa shape index (κ3) is 8.08. The van der Waals surface area contributed by atoms with Crippen molar-refractivity contribution in [2.24, 2.45) is 16.8 Å². The van der Waals surface area contributed by atoms with Crippen molar-refractivity contribution in [1.82, 2.24) is 5.32 Å². The van der Waals surface area contributed by atoms with Crippen molar-refractivity contribution in [3.63, 3.8) is 0 Å². The summed E-state index contributed by atoms with van der Waals surface area (Å²) in [4.78, 5) is 11.3. The highest BCUT2D eigenvalue weighted by molar-refractivity contribution is 5.98. The number of oxime groups is 1. The molecule has 1 unspecified atom stereocenters. The molecule has 0 aromatic heterocycles. The Hall–Kier alpha value is -1.26. The van der Waals surface area contributed by atoms with E-state index < -0.39 is 0 Å². The molecule has 0 aliphatic rings. The number of rotatable bonds is 7. The molecule has 0 aromatic rings. The van der Waals surface area contributed by atoms with Gasteiger partial charge < -0.3 is 16.3 Å². The smallest absolute Gasteiger partial charge is 0.227 e. The second kappa shape index (κ2) is 7.96. The molecule has 0 spiro atoms. The zero-order valence-electron chi connectivity index (χ0n) is 10.4. The molecule has 0 bridgehead atoms. The number of amides is 1. The number of nitrogens with two attached hydrogens (primary N) is 1. The summed E-state index contributed by atoms with van der Waals surface area (Å²) in [5.41, 5.74) is 5.23. The van der Waals surface area contributed by atoms with Crippen LogP contribution in [0.25, 0.3) is 0 Å². The van der Waals surface area contributed by atoms with E-state index in [9.17, 15) is 4.79 Å². The first kappa shape index (κ1) is 14.7. The van der Waals surface area contributed by atoms with Crippen LogP contribution in [-0.4, -0.2) is 23.0 Å². The number of nitrogens with one attached hydrogen (secondary N) is 1. The SMILES string of the molecule is CC(C)CCCC(C)NC(=O)CC(N)=NO. The molecule has 0 fully saturated rings. The van der Waals surface area contributed by atoms with Crippen LogP contribution in [0.3, 0.4) is 0 Å². The van der Waals surface area contributed by atoms with Gasteiger partial charge in [-0.15, -0.1) is 0 Å². The minimum Gasteiger partial charge on any atom is -0.409 e. The highest BCUT2D eigenvalue weighted by Gasteiger charge is 2.09. The van der Waals surface area contributed by atoms with Crippen molar-refractivity contribution in [3.05, 3.63) is 0 Å². The first-order chi connectivity index (χ1) is 7.45. The first-order valence-corrected chi connectivity index (χ1v) is 5.71.